The van der Waals surface area contributed by atoms with Gasteiger partial charge in [0.15, 0.2) is 5.11 Å². The van der Waals surface area contributed by atoms with Crippen molar-refractivity contribution < 1.29 is 4.74 Å². The summed E-state index contributed by atoms with van der Waals surface area (Å²) in [7, 11) is 0. The number of nitrogens with one attached hydrogen (secondary N) is 2. The first-order chi connectivity index (χ1) is 12.2. The Morgan fingerprint density at radius 2 is 2.00 bits per heavy atom. The Hall–Kier alpha value is -1.54. The highest BCUT2D eigenvalue weighted by Gasteiger charge is 2.22. The van der Waals surface area contributed by atoms with Crippen molar-refractivity contribution in [2.24, 2.45) is 0 Å². The lowest BCUT2D eigenvalue weighted by atomic mass is 10.1. The molecule has 7 heteroatoms. The highest BCUT2D eigenvalue weighted by molar-refractivity contribution is 9.10. The number of thiocarbonyl (C=S) groups is 1. The molecule has 0 spiro atoms. The van der Waals surface area contributed by atoms with Crippen LogP contribution in [0.4, 0.5) is 5.69 Å². The van der Waals surface area contributed by atoms with Gasteiger partial charge >= 0.3 is 0 Å². The van der Waals surface area contributed by atoms with Gasteiger partial charge in [0.25, 0.3) is 0 Å². The number of hydrogen-bond donors (Lipinski definition) is 2. The van der Waals surface area contributed by atoms with E-state index < -0.39 is 0 Å². The number of rotatable bonds is 5. The molecule has 1 atom stereocenters. The molecule has 1 fully saturated rings. The lowest BCUT2D eigenvalue weighted by Crippen LogP contribution is -2.44. The highest BCUT2D eigenvalue weighted by atomic mass is 79.9. The molecule has 1 saturated heterocycles. The summed E-state index contributed by atoms with van der Waals surface area (Å²) in [5.41, 5.74) is 2.15. The van der Waals surface area contributed by atoms with E-state index in [1.54, 1.807) is 6.20 Å². The molecule has 1 aliphatic rings. The fraction of sp³-hybridized carbons (Fsp3) is 0.333. The zero-order chi connectivity index (χ0) is 17.5. The van der Waals surface area contributed by atoms with Gasteiger partial charge in [0.05, 0.1) is 19.3 Å². The summed E-state index contributed by atoms with van der Waals surface area (Å²) in [6.45, 7) is 4.06. The third-order valence-electron chi connectivity index (χ3n) is 4.11. The molecule has 0 unspecified atom stereocenters. The summed E-state index contributed by atoms with van der Waals surface area (Å²) in [6, 6.07) is 12.2. The third-order valence-corrected chi connectivity index (χ3v) is 4.89. The van der Waals surface area contributed by atoms with Gasteiger partial charge in [-0.05, 0) is 48.1 Å². The lowest BCUT2D eigenvalue weighted by Gasteiger charge is -2.35. The molecule has 1 aromatic carbocycles. The van der Waals surface area contributed by atoms with Crippen molar-refractivity contribution in [3.8, 4) is 0 Å². The van der Waals surface area contributed by atoms with E-state index in [2.05, 4.69) is 42.5 Å². The number of halogens is 1. The smallest absolute Gasteiger partial charge is 0.170 e. The van der Waals surface area contributed by atoms with Crippen LogP contribution in [0.1, 0.15) is 11.6 Å². The number of nitrogens with zero attached hydrogens (tertiary/aromatic N) is 2. The molecule has 2 N–H and O–H groups in total. The van der Waals surface area contributed by atoms with E-state index in [-0.39, 0.29) is 6.04 Å². The van der Waals surface area contributed by atoms with Crippen LogP contribution in [-0.4, -0.2) is 47.8 Å². The standard InChI is InChI=1S/C18H21BrN4OS/c19-15-3-5-16(6-4-15)22-18(25)21-13-17(14-2-1-7-20-12-14)23-8-10-24-11-9-23/h1-7,12,17H,8-11,13H2,(H2,21,22,25)/t17-/m0/s1. The van der Waals surface area contributed by atoms with Crippen molar-refractivity contribution in [1.29, 1.82) is 0 Å². The first-order valence-electron chi connectivity index (χ1n) is 8.24. The Morgan fingerprint density at radius 1 is 1.24 bits per heavy atom. The Kier molecular flexibility index (Phi) is 6.75. The van der Waals surface area contributed by atoms with Crippen LogP contribution in [0.5, 0.6) is 0 Å². The van der Waals surface area contributed by atoms with Gasteiger partial charge in [0.1, 0.15) is 0 Å². The lowest BCUT2D eigenvalue weighted by molar-refractivity contribution is 0.0170. The van der Waals surface area contributed by atoms with Crippen molar-refractivity contribution in [1.82, 2.24) is 15.2 Å². The first-order valence-corrected chi connectivity index (χ1v) is 9.44. The Bertz CT molecular complexity index is 677. The second-order valence-electron chi connectivity index (χ2n) is 5.79. The van der Waals surface area contributed by atoms with E-state index in [0.717, 1.165) is 36.5 Å². The quantitative estimate of drug-likeness (QED) is 0.724. The third kappa shape index (κ3) is 5.47. The van der Waals surface area contributed by atoms with Crippen molar-refractivity contribution >= 4 is 38.9 Å². The molecule has 0 radical (unpaired) electrons. The number of anilines is 1. The molecule has 1 aromatic heterocycles. The molecular weight excluding hydrogens is 400 g/mol. The van der Waals surface area contributed by atoms with Crippen molar-refractivity contribution in [2.45, 2.75) is 6.04 Å². The fourth-order valence-corrected chi connectivity index (χ4v) is 3.28. The maximum Gasteiger partial charge on any atom is 0.170 e. The van der Waals surface area contributed by atoms with Gasteiger partial charge in [-0.25, -0.2) is 0 Å². The van der Waals surface area contributed by atoms with E-state index in [4.69, 9.17) is 17.0 Å². The number of aromatic nitrogens is 1. The molecule has 0 aliphatic carbocycles. The minimum absolute atomic E-state index is 0.210. The van der Waals surface area contributed by atoms with Gasteiger partial charge in [0, 0.05) is 42.2 Å². The molecule has 2 aromatic rings. The molecule has 5 nitrogen and oxygen atoms in total. The molecule has 2 heterocycles. The molecule has 25 heavy (non-hydrogen) atoms. The number of pyridine rings is 1. The molecular formula is C18H21BrN4OS. The second-order valence-corrected chi connectivity index (χ2v) is 7.12. The summed E-state index contributed by atoms with van der Waals surface area (Å²) in [4.78, 5) is 6.68. The Labute approximate surface area is 161 Å². The van der Waals surface area contributed by atoms with Gasteiger partial charge in [-0.1, -0.05) is 22.0 Å². The highest BCUT2D eigenvalue weighted by Crippen LogP contribution is 2.20. The van der Waals surface area contributed by atoms with E-state index in [0.29, 0.717) is 11.7 Å². The topological polar surface area (TPSA) is 49.4 Å². The molecule has 3 rings (SSSR count). The number of ether oxygens (including phenoxy) is 1. The Balaban J connectivity index is 1.61. The minimum atomic E-state index is 0.210. The van der Waals surface area contributed by atoms with Crippen LogP contribution in [0.25, 0.3) is 0 Å². The molecule has 132 valence electrons. The normalized spacial score (nSPS) is 16.2. The number of morpholine rings is 1. The largest absolute Gasteiger partial charge is 0.379 e. The predicted molar refractivity (Wildman–Crippen MR) is 108 cm³/mol. The van der Waals surface area contributed by atoms with Gasteiger partial charge in [0.2, 0.25) is 0 Å². The maximum atomic E-state index is 5.48. The summed E-state index contributed by atoms with van der Waals surface area (Å²) >= 11 is 8.88. The average molecular weight is 421 g/mol. The SMILES string of the molecule is S=C(NC[C@@H](c1cccnc1)N1CCOCC1)Nc1ccc(Br)cc1. The van der Waals surface area contributed by atoms with Crippen molar-refractivity contribution in [3.63, 3.8) is 0 Å². The summed E-state index contributed by atoms with van der Waals surface area (Å²) in [5, 5.41) is 7.17. The van der Waals surface area contributed by atoms with Crippen LogP contribution in [0.3, 0.4) is 0 Å². The van der Waals surface area contributed by atoms with Crippen LogP contribution in [0, 0.1) is 0 Å². The average Bonchev–Trinajstić information content (AvgIpc) is 2.66. The summed E-state index contributed by atoms with van der Waals surface area (Å²) in [5.74, 6) is 0. The molecule has 1 aliphatic heterocycles. The van der Waals surface area contributed by atoms with Crippen molar-refractivity contribution in [3.05, 3.63) is 58.8 Å². The van der Waals surface area contributed by atoms with E-state index in [1.807, 2.05) is 36.5 Å². The van der Waals surface area contributed by atoms with Crippen molar-refractivity contribution in [2.75, 3.05) is 38.2 Å². The van der Waals surface area contributed by atoms with Crippen LogP contribution in [0.15, 0.2) is 53.3 Å². The van der Waals surface area contributed by atoms with Gasteiger partial charge in [-0.3, -0.25) is 9.88 Å². The van der Waals surface area contributed by atoms with Crippen LogP contribution >= 0.6 is 28.1 Å². The first kappa shape index (κ1) is 18.3. The zero-order valence-electron chi connectivity index (χ0n) is 13.8. The summed E-state index contributed by atoms with van der Waals surface area (Å²) < 4.78 is 6.52. The number of hydrogen-bond acceptors (Lipinski definition) is 4. The molecule has 0 bridgehead atoms. The molecule has 0 amide bonds. The predicted octanol–water partition coefficient (Wildman–Crippen LogP) is 3.20. The monoisotopic (exact) mass is 420 g/mol. The van der Waals surface area contributed by atoms with Gasteiger partial charge in [-0.15, -0.1) is 0 Å². The van der Waals surface area contributed by atoms with Gasteiger partial charge in [-0.2, -0.15) is 0 Å². The number of benzene rings is 1. The second kappa shape index (κ2) is 9.24. The van der Waals surface area contributed by atoms with E-state index in [9.17, 15) is 0 Å². The molecule has 0 saturated carbocycles. The maximum absolute atomic E-state index is 5.48. The van der Waals surface area contributed by atoms with E-state index >= 15 is 0 Å². The Morgan fingerprint density at radius 3 is 2.68 bits per heavy atom. The van der Waals surface area contributed by atoms with Crippen LogP contribution in [-0.2, 0) is 4.74 Å². The fourth-order valence-electron chi connectivity index (χ4n) is 2.82. The van der Waals surface area contributed by atoms with Gasteiger partial charge < -0.3 is 15.4 Å². The minimum Gasteiger partial charge on any atom is -0.379 e. The summed E-state index contributed by atoms with van der Waals surface area (Å²) in [6.07, 6.45) is 3.72. The van der Waals surface area contributed by atoms with Crippen LogP contribution < -0.4 is 10.6 Å². The van der Waals surface area contributed by atoms with E-state index in [1.165, 1.54) is 5.56 Å². The zero-order valence-corrected chi connectivity index (χ0v) is 16.2. The van der Waals surface area contributed by atoms with Crippen LogP contribution in [0.2, 0.25) is 0 Å².